The van der Waals surface area contributed by atoms with Gasteiger partial charge in [-0.05, 0) is 6.42 Å². The van der Waals surface area contributed by atoms with Gasteiger partial charge in [-0.15, -0.1) is 0 Å². The molecule has 0 saturated carbocycles. The fraction of sp³-hybridized carbons (Fsp3) is 0.500. The number of carboxylic acids is 1. The zero-order valence-corrected chi connectivity index (χ0v) is 9.27. The van der Waals surface area contributed by atoms with Gasteiger partial charge in [-0.1, -0.05) is 20.8 Å². The first kappa shape index (κ1) is 13.4. The second-order valence-electron chi connectivity index (χ2n) is 3.23. The van der Waals surface area contributed by atoms with Crippen molar-refractivity contribution in [1.29, 1.82) is 0 Å². The molecule has 0 aliphatic heterocycles. The average molecular weight is 211 g/mol. The van der Waals surface area contributed by atoms with Crippen LogP contribution in [-0.4, -0.2) is 23.1 Å². The minimum atomic E-state index is -0.999. The molecule has 0 aromatic carbocycles. The van der Waals surface area contributed by atoms with Crippen molar-refractivity contribution in [3.05, 3.63) is 11.9 Å². The number of aliphatic imine (C=N–C) groups is 2. The van der Waals surface area contributed by atoms with Crippen LogP contribution in [0.5, 0.6) is 0 Å². The molecular weight excluding hydrogens is 194 g/mol. The van der Waals surface area contributed by atoms with Crippen LogP contribution in [-0.2, 0) is 4.79 Å². The lowest BCUT2D eigenvalue weighted by Gasteiger charge is -2.05. The van der Waals surface area contributed by atoms with Gasteiger partial charge in [0.05, 0.1) is 18.2 Å². The van der Waals surface area contributed by atoms with Gasteiger partial charge >= 0.3 is 5.97 Å². The fourth-order valence-electron chi connectivity index (χ4n) is 0.907. The van der Waals surface area contributed by atoms with E-state index < -0.39 is 5.97 Å². The van der Waals surface area contributed by atoms with E-state index in [0.29, 0.717) is 12.1 Å². The van der Waals surface area contributed by atoms with E-state index in [1.165, 1.54) is 6.20 Å². The van der Waals surface area contributed by atoms with Crippen molar-refractivity contribution >= 4 is 18.0 Å². The number of hydrogen-bond donors (Lipinski definition) is 2. The first-order valence-electron chi connectivity index (χ1n) is 4.77. The number of aliphatic carboxylic acids is 1. The van der Waals surface area contributed by atoms with Gasteiger partial charge in [-0.25, -0.2) is 14.8 Å². The van der Waals surface area contributed by atoms with Crippen LogP contribution in [0.15, 0.2) is 21.9 Å². The van der Waals surface area contributed by atoms with Crippen LogP contribution in [0.2, 0.25) is 0 Å². The number of hydrogen-bond acceptors (Lipinski definition) is 3. The summed E-state index contributed by atoms with van der Waals surface area (Å²) in [6, 6.07) is 0. The van der Waals surface area contributed by atoms with Gasteiger partial charge in [0, 0.05) is 5.92 Å². The number of allylic oxidation sites excluding steroid dienone is 1. The highest BCUT2D eigenvalue weighted by atomic mass is 16.4. The van der Waals surface area contributed by atoms with Gasteiger partial charge in [0.25, 0.3) is 0 Å². The molecule has 0 radical (unpaired) electrons. The van der Waals surface area contributed by atoms with E-state index in [0.717, 1.165) is 6.34 Å². The van der Waals surface area contributed by atoms with E-state index in [1.54, 1.807) is 13.8 Å². The van der Waals surface area contributed by atoms with Crippen LogP contribution in [0.3, 0.4) is 0 Å². The quantitative estimate of drug-likeness (QED) is 0.532. The normalized spacial score (nSPS) is 13.9. The maximum atomic E-state index is 10.8. The molecule has 0 heterocycles. The highest BCUT2D eigenvalue weighted by Gasteiger charge is 2.13. The Morgan fingerprint density at radius 2 is 2.13 bits per heavy atom. The van der Waals surface area contributed by atoms with Crippen molar-refractivity contribution in [1.82, 2.24) is 0 Å². The van der Waals surface area contributed by atoms with Crippen LogP contribution in [0.4, 0.5) is 0 Å². The summed E-state index contributed by atoms with van der Waals surface area (Å²) < 4.78 is 0. The molecule has 0 rings (SSSR count). The molecule has 0 aromatic heterocycles. The van der Waals surface area contributed by atoms with Gasteiger partial charge in [0.2, 0.25) is 0 Å². The van der Waals surface area contributed by atoms with E-state index in [2.05, 4.69) is 9.98 Å². The minimum absolute atomic E-state index is 0.126. The Kier molecular flexibility index (Phi) is 6.01. The second-order valence-corrected chi connectivity index (χ2v) is 3.23. The zero-order chi connectivity index (χ0) is 11.8. The van der Waals surface area contributed by atoms with E-state index in [-0.39, 0.29) is 11.6 Å². The Morgan fingerprint density at radius 3 is 2.47 bits per heavy atom. The molecule has 0 aliphatic rings. The number of nitrogens with two attached hydrogens (primary N) is 1. The summed E-state index contributed by atoms with van der Waals surface area (Å²) in [4.78, 5) is 18.6. The summed E-state index contributed by atoms with van der Waals surface area (Å²) in [5.74, 6) is -1.12. The zero-order valence-electron chi connectivity index (χ0n) is 9.27. The molecule has 0 aromatic rings. The summed E-state index contributed by atoms with van der Waals surface area (Å²) >= 11 is 0. The van der Waals surface area contributed by atoms with E-state index in [9.17, 15) is 4.79 Å². The molecule has 0 unspecified atom stereocenters. The number of carboxylic acid groups (broad SMARTS) is 1. The van der Waals surface area contributed by atoms with Gasteiger partial charge in [0.15, 0.2) is 0 Å². The van der Waals surface area contributed by atoms with E-state index in [1.807, 2.05) is 6.92 Å². The highest BCUT2D eigenvalue weighted by Crippen LogP contribution is 2.07. The molecule has 3 N–H and O–H groups in total. The Morgan fingerprint density at radius 1 is 1.53 bits per heavy atom. The third-order valence-electron chi connectivity index (χ3n) is 1.70. The molecule has 0 spiro atoms. The van der Waals surface area contributed by atoms with Crippen LogP contribution >= 0.6 is 0 Å². The van der Waals surface area contributed by atoms with Crippen LogP contribution in [0.25, 0.3) is 0 Å². The lowest BCUT2D eigenvalue weighted by Crippen LogP contribution is -2.19. The topological polar surface area (TPSA) is 88.0 Å². The Labute approximate surface area is 89.4 Å². The van der Waals surface area contributed by atoms with Gasteiger partial charge in [-0.2, -0.15) is 0 Å². The van der Waals surface area contributed by atoms with E-state index >= 15 is 0 Å². The van der Waals surface area contributed by atoms with Crippen LogP contribution in [0, 0.1) is 5.92 Å². The summed E-state index contributed by atoms with van der Waals surface area (Å²) in [5, 5.41) is 8.89. The number of carbonyl (C=O) groups is 1. The first-order chi connectivity index (χ1) is 7.02. The molecule has 0 aliphatic carbocycles. The monoisotopic (exact) mass is 211 g/mol. The number of nitrogens with zero attached hydrogens (tertiary/aromatic N) is 2. The molecule has 0 saturated heterocycles. The maximum Gasteiger partial charge on any atom is 0.350 e. The maximum absolute atomic E-state index is 10.8. The molecule has 0 amide bonds. The Balaban J connectivity index is 5.01. The molecule has 84 valence electrons. The van der Waals surface area contributed by atoms with Crippen molar-refractivity contribution in [2.75, 3.05) is 0 Å². The smallest absolute Gasteiger partial charge is 0.350 e. The standard InChI is InChI=1S/C10H17N3O2/c1-4-8(5-12-6-11)13-9(7(2)3)10(14)15/h5-7H,4H2,1-3H3,(H2,11,12)(H,14,15)/b8-5+,13-9?. The summed E-state index contributed by atoms with van der Waals surface area (Å²) in [5.41, 5.74) is 5.82. The first-order valence-corrected chi connectivity index (χ1v) is 4.77. The predicted molar refractivity (Wildman–Crippen MR) is 61.0 cm³/mol. The largest absolute Gasteiger partial charge is 0.477 e. The lowest BCUT2D eigenvalue weighted by atomic mass is 10.1. The molecule has 0 bridgehead atoms. The van der Waals surface area contributed by atoms with Crippen molar-refractivity contribution < 1.29 is 9.90 Å². The molecule has 0 fully saturated rings. The predicted octanol–water partition coefficient (Wildman–Crippen LogP) is 1.41. The van der Waals surface area contributed by atoms with Gasteiger partial charge < -0.3 is 10.8 Å². The van der Waals surface area contributed by atoms with Crippen LogP contribution in [0.1, 0.15) is 27.2 Å². The third-order valence-corrected chi connectivity index (χ3v) is 1.70. The third kappa shape index (κ3) is 4.95. The molecule has 5 heteroatoms. The number of rotatable bonds is 5. The van der Waals surface area contributed by atoms with Gasteiger partial charge in [-0.3, -0.25) is 0 Å². The van der Waals surface area contributed by atoms with Crippen molar-refractivity contribution in [3.63, 3.8) is 0 Å². The molecule has 0 atom stereocenters. The lowest BCUT2D eigenvalue weighted by molar-refractivity contribution is -0.129. The van der Waals surface area contributed by atoms with Crippen molar-refractivity contribution in [3.8, 4) is 0 Å². The summed E-state index contributed by atoms with van der Waals surface area (Å²) in [7, 11) is 0. The Hall–Kier alpha value is -1.65. The fourth-order valence-corrected chi connectivity index (χ4v) is 0.907. The van der Waals surface area contributed by atoms with E-state index in [4.69, 9.17) is 10.8 Å². The minimum Gasteiger partial charge on any atom is -0.477 e. The van der Waals surface area contributed by atoms with Crippen LogP contribution < -0.4 is 5.73 Å². The SMILES string of the molecule is CC/C(=C\N=CN)N=C(C(=O)O)C(C)C. The highest BCUT2D eigenvalue weighted by molar-refractivity contribution is 6.36. The average Bonchev–Trinajstić information content (AvgIpc) is 2.17. The summed E-state index contributed by atoms with van der Waals surface area (Å²) in [6.07, 6.45) is 3.22. The van der Waals surface area contributed by atoms with Gasteiger partial charge in [0.1, 0.15) is 5.71 Å². The van der Waals surface area contributed by atoms with Crippen molar-refractivity contribution in [2.24, 2.45) is 21.6 Å². The summed E-state index contributed by atoms with van der Waals surface area (Å²) in [6.45, 7) is 5.44. The molecule has 15 heavy (non-hydrogen) atoms. The Bertz CT molecular complexity index is 304. The second kappa shape index (κ2) is 6.75. The molecule has 5 nitrogen and oxygen atoms in total. The van der Waals surface area contributed by atoms with Crippen molar-refractivity contribution in [2.45, 2.75) is 27.2 Å². The molecular formula is C10H17N3O2.